The van der Waals surface area contributed by atoms with Crippen LogP contribution in [0.25, 0.3) is 10.9 Å². The molecule has 0 fully saturated rings. The molecule has 0 saturated carbocycles. The Hall–Kier alpha value is -2.19. The zero-order chi connectivity index (χ0) is 15.2. The van der Waals surface area contributed by atoms with E-state index in [-0.39, 0.29) is 11.1 Å². The molecule has 2 aromatic rings. The first-order valence-electron chi connectivity index (χ1n) is 6.43. The van der Waals surface area contributed by atoms with Crippen molar-refractivity contribution in [3.05, 3.63) is 35.5 Å². The number of thioether (sulfide) groups is 1. The minimum absolute atomic E-state index is 0.0950. The molecule has 0 bridgehead atoms. The maximum atomic E-state index is 11.8. The summed E-state index contributed by atoms with van der Waals surface area (Å²) in [5, 5.41) is 0.914. The van der Waals surface area contributed by atoms with E-state index < -0.39 is 0 Å². The van der Waals surface area contributed by atoms with Crippen LogP contribution in [-0.2, 0) is 9.53 Å². The van der Waals surface area contributed by atoms with Crippen molar-refractivity contribution in [3.8, 4) is 11.8 Å². The highest BCUT2D eigenvalue weighted by Gasteiger charge is 2.12. The molecule has 0 unspecified atom stereocenters. The lowest BCUT2D eigenvalue weighted by Gasteiger charge is -2.02. The predicted octanol–water partition coefficient (Wildman–Crippen LogP) is 2.98. The highest BCUT2D eigenvalue weighted by atomic mass is 32.2. The molecule has 0 radical (unpaired) electrons. The number of fused-ring (bicyclic) bond motifs is 1. The Morgan fingerprint density at radius 2 is 2.19 bits per heavy atom. The topological polar surface area (TPSA) is 59.2 Å². The number of hydrogen-bond acceptors (Lipinski definition) is 4. The lowest BCUT2D eigenvalue weighted by atomic mass is 10.1. The second-order valence-electron chi connectivity index (χ2n) is 4.35. The van der Waals surface area contributed by atoms with Crippen LogP contribution in [0.4, 0.5) is 0 Å². The molecular weight excluding hydrogens is 286 g/mol. The van der Waals surface area contributed by atoms with Gasteiger partial charge in [-0.05, 0) is 18.2 Å². The summed E-state index contributed by atoms with van der Waals surface area (Å²) >= 11 is 1.26. The Labute approximate surface area is 127 Å². The van der Waals surface area contributed by atoms with Gasteiger partial charge in [-0.25, -0.2) is 4.79 Å². The molecule has 2 rings (SSSR count). The van der Waals surface area contributed by atoms with Gasteiger partial charge in [-0.15, -0.1) is 0 Å². The van der Waals surface area contributed by atoms with Gasteiger partial charge in [-0.2, -0.15) is 0 Å². The molecule has 1 aromatic carbocycles. The number of hydrogen-bond donors (Lipinski definition) is 1. The average Bonchev–Trinajstić information content (AvgIpc) is 2.93. The fraction of sp³-hybridized carbons (Fsp3) is 0.250. The molecule has 0 aliphatic rings. The Balaban J connectivity index is 2.22. The number of esters is 1. The van der Waals surface area contributed by atoms with Crippen molar-refractivity contribution in [1.82, 2.24) is 4.98 Å². The first-order valence-corrected chi connectivity index (χ1v) is 7.42. The van der Waals surface area contributed by atoms with Gasteiger partial charge in [-0.3, -0.25) is 4.79 Å². The van der Waals surface area contributed by atoms with Crippen LogP contribution >= 0.6 is 11.8 Å². The smallest absolute Gasteiger partial charge is 0.338 e. The quantitative estimate of drug-likeness (QED) is 0.538. The number of ether oxygens (including phenoxy) is 1. The third-order valence-corrected chi connectivity index (χ3v) is 3.65. The van der Waals surface area contributed by atoms with Crippen molar-refractivity contribution < 1.29 is 14.3 Å². The number of nitrogens with one attached hydrogen (secondary N) is 1. The van der Waals surface area contributed by atoms with E-state index in [9.17, 15) is 9.59 Å². The molecule has 0 atom stereocenters. The molecule has 5 heteroatoms. The lowest BCUT2D eigenvalue weighted by molar-refractivity contribution is -0.109. The zero-order valence-corrected chi connectivity index (χ0v) is 12.7. The van der Waals surface area contributed by atoms with Crippen LogP contribution in [0, 0.1) is 11.8 Å². The van der Waals surface area contributed by atoms with E-state index in [1.807, 2.05) is 12.1 Å². The highest BCUT2D eigenvalue weighted by molar-refractivity contribution is 8.13. The first kappa shape index (κ1) is 15.2. The maximum Gasteiger partial charge on any atom is 0.338 e. The van der Waals surface area contributed by atoms with Crippen LogP contribution in [0.3, 0.4) is 0 Å². The standard InChI is InChI=1S/C16H15NO3S/c1-11(18)21-8-4-3-5-12-9-14(16(19)20-2)13-6-7-17-15(13)10-12/h6-7,9-10,17H,4,8H2,1-2H3. The van der Waals surface area contributed by atoms with Crippen molar-refractivity contribution >= 4 is 33.7 Å². The summed E-state index contributed by atoms with van der Waals surface area (Å²) < 4.78 is 4.80. The molecule has 1 aromatic heterocycles. The fourth-order valence-electron chi connectivity index (χ4n) is 1.93. The number of carbonyl (C=O) groups is 2. The van der Waals surface area contributed by atoms with Crippen molar-refractivity contribution in [1.29, 1.82) is 0 Å². The Morgan fingerprint density at radius 1 is 1.38 bits per heavy atom. The van der Waals surface area contributed by atoms with Gasteiger partial charge in [0.1, 0.15) is 0 Å². The summed E-state index contributed by atoms with van der Waals surface area (Å²) in [4.78, 5) is 25.7. The van der Waals surface area contributed by atoms with Crippen LogP contribution in [0.15, 0.2) is 24.4 Å². The monoisotopic (exact) mass is 301 g/mol. The summed E-state index contributed by atoms with van der Waals surface area (Å²) in [6, 6.07) is 5.46. The molecule has 108 valence electrons. The number of carbonyl (C=O) groups excluding carboxylic acids is 2. The van der Waals surface area contributed by atoms with Crippen LogP contribution < -0.4 is 0 Å². The van der Waals surface area contributed by atoms with Gasteiger partial charge in [0.15, 0.2) is 5.12 Å². The van der Waals surface area contributed by atoms with E-state index in [2.05, 4.69) is 16.8 Å². The number of methoxy groups -OCH3 is 1. The first-order chi connectivity index (χ1) is 10.1. The van der Waals surface area contributed by atoms with E-state index in [4.69, 9.17) is 4.74 Å². The van der Waals surface area contributed by atoms with E-state index in [1.165, 1.54) is 18.9 Å². The Kier molecular flexibility index (Phi) is 5.07. The summed E-state index contributed by atoms with van der Waals surface area (Å²) in [6.45, 7) is 1.54. The zero-order valence-electron chi connectivity index (χ0n) is 11.9. The molecular formula is C16H15NO3S. The fourth-order valence-corrected chi connectivity index (χ4v) is 2.42. The molecule has 1 heterocycles. The van der Waals surface area contributed by atoms with Crippen LogP contribution in [-0.4, -0.2) is 28.9 Å². The second kappa shape index (κ2) is 7.00. The van der Waals surface area contributed by atoms with Crippen LogP contribution in [0.5, 0.6) is 0 Å². The van der Waals surface area contributed by atoms with Crippen molar-refractivity contribution in [3.63, 3.8) is 0 Å². The van der Waals surface area contributed by atoms with E-state index in [0.717, 1.165) is 16.5 Å². The molecule has 0 aliphatic heterocycles. The van der Waals surface area contributed by atoms with E-state index in [0.29, 0.717) is 17.7 Å². The molecule has 0 saturated heterocycles. The number of rotatable bonds is 3. The average molecular weight is 301 g/mol. The van der Waals surface area contributed by atoms with Gasteiger partial charge in [-0.1, -0.05) is 23.6 Å². The third-order valence-electron chi connectivity index (χ3n) is 2.84. The SMILES string of the molecule is COC(=O)c1cc(C#CCCSC(C)=O)cc2[nH]ccc12. The van der Waals surface area contributed by atoms with Crippen molar-refractivity contribution in [2.45, 2.75) is 13.3 Å². The van der Waals surface area contributed by atoms with Crippen molar-refractivity contribution in [2.75, 3.05) is 12.9 Å². The largest absolute Gasteiger partial charge is 0.465 e. The molecule has 1 N–H and O–H groups in total. The van der Waals surface area contributed by atoms with Crippen molar-refractivity contribution in [2.24, 2.45) is 0 Å². The minimum Gasteiger partial charge on any atom is -0.465 e. The predicted molar refractivity (Wildman–Crippen MR) is 84.3 cm³/mol. The second-order valence-corrected chi connectivity index (χ2v) is 5.62. The summed E-state index contributed by atoms with van der Waals surface area (Å²) in [7, 11) is 1.36. The number of aromatic nitrogens is 1. The van der Waals surface area contributed by atoms with E-state index >= 15 is 0 Å². The lowest BCUT2D eigenvalue weighted by Crippen LogP contribution is -2.02. The Morgan fingerprint density at radius 3 is 2.90 bits per heavy atom. The molecule has 0 spiro atoms. The normalized spacial score (nSPS) is 10.0. The molecule has 0 aliphatic carbocycles. The van der Waals surface area contributed by atoms with Gasteiger partial charge in [0.05, 0.1) is 12.7 Å². The minimum atomic E-state index is -0.379. The number of H-pyrrole nitrogens is 1. The van der Waals surface area contributed by atoms with Crippen LogP contribution in [0.1, 0.15) is 29.3 Å². The number of benzene rings is 1. The van der Waals surface area contributed by atoms with E-state index in [1.54, 1.807) is 19.2 Å². The van der Waals surface area contributed by atoms with Gasteiger partial charge in [0.2, 0.25) is 0 Å². The summed E-state index contributed by atoms with van der Waals surface area (Å²) in [5.41, 5.74) is 2.09. The maximum absolute atomic E-state index is 11.8. The molecule has 0 amide bonds. The summed E-state index contributed by atoms with van der Waals surface area (Å²) in [6.07, 6.45) is 2.40. The van der Waals surface area contributed by atoms with Gasteiger partial charge >= 0.3 is 5.97 Å². The van der Waals surface area contributed by atoms with Gasteiger partial charge in [0.25, 0.3) is 0 Å². The highest BCUT2D eigenvalue weighted by Crippen LogP contribution is 2.20. The van der Waals surface area contributed by atoms with Gasteiger partial charge < -0.3 is 9.72 Å². The van der Waals surface area contributed by atoms with Crippen LogP contribution in [0.2, 0.25) is 0 Å². The van der Waals surface area contributed by atoms with Gasteiger partial charge in [0, 0.05) is 41.8 Å². The number of aromatic amines is 1. The third kappa shape index (κ3) is 3.89. The summed E-state index contributed by atoms with van der Waals surface area (Å²) in [5.74, 6) is 6.32. The molecule has 21 heavy (non-hydrogen) atoms. The molecule has 4 nitrogen and oxygen atoms in total. The Bertz CT molecular complexity index is 737.